The topological polar surface area (TPSA) is 71.1 Å². The van der Waals surface area contributed by atoms with E-state index in [0.29, 0.717) is 19.1 Å². The van der Waals surface area contributed by atoms with Crippen LogP contribution in [0.3, 0.4) is 0 Å². The molecule has 0 bridgehead atoms. The number of hydrogen-bond acceptors (Lipinski definition) is 4. The van der Waals surface area contributed by atoms with E-state index in [-0.39, 0.29) is 5.84 Å². The van der Waals surface area contributed by atoms with E-state index in [1.54, 1.807) is 7.11 Å². The smallest absolute Gasteiger partial charge is 0.140 e. The van der Waals surface area contributed by atoms with Gasteiger partial charge in [-0.05, 0) is 13.5 Å². The average Bonchev–Trinajstić information content (AvgIpc) is 2.21. The first-order valence-electron chi connectivity index (χ1n) is 4.81. The highest BCUT2D eigenvalue weighted by Gasteiger charge is 2.13. The van der Waals surface area contributed by atoms with Crippen LogP contribution in [-0.2, 0) is 4.74 Å². The molecule has 5 heteroatoms. The minimum Gasteiger partial charge on any atom is -0.409 e. The van der Waals surface area contributed by atoms with Gasteiger partial charge in [0.05, 0.1) is 6.61 Å². The molecule has 84 valence electrons. The predicted molar refractivity (Wildman–Crippen MR) is 56.6 cm³/mol. The number of nitrogens with two attached hydrogens (primary N) is 1. The second-order valence-corrected chi connectivity index (χ2v) is 3.33. The Morgan fingerprint density at radius 3 is 2.71 bits per heavy atom. The summed E-state index contributed by atoms with van der Waals surface area (Å²) < 4.78 is 4.99. The van der Waals surface area contributed by atoms with Crippen molar-refractivity contribution in [2.45, 2.75) is 25.8 Å². The molecule has 14 heavy (non-hydrogen) atoms. The van der Waals surface area contributed by atoms with Crippen LogP contribution in [0.4, 0.5) is 0 Å². The molecule has 3 N–H and O–H groups in total. The Balaban J connectivity index is 3.98. The first kappa shape index (κ1) is 13.2. The normalized spacial score (nSPS) is 14.7. The lowest BCUT2D eigenvalue weighted by Crippen LogP contribution is -2.37. The Kier molecular flexibility index (Phi) is 7.14. The van der Waals surface area contributed by atoms with Gasteiger partial charge in [0.15, 0.2) is 0 Å². The van der Waals surface area contributed by atoms with Gasteiger partial charge in [0, 0.05) is 26.1 Å². The zero-order valence-electron chi connectivity index (χ0n) is 9.23. The number of amidine groups is 1. The van der Waals surface area contributed by atoms with E-state index in [9.17, 15) is 0 Å². The van der Waals surface area contributed by atoms with E-state index in [0.717, 1.165) is 13.0 Å². The van der Waals surface area contributed by atoms with Gasteiger partial charge >= 0.3 is 0 Å². The summed E-state index contributed by atoms with van der Waals surface area (Å²) in [7, 11) is 3.69. The Labute approximate surface area is 85.5 Å². The number of methoxy groups -OCH3 is 1. The molecule has 0 radical (unpaired) electrons. The first-order chi connectivity index (χ1) is 6.65. The first-order valence-corrected chi connectivity index (χ1v) is 4.81. The highest BCUT2D eigenvalue weighted by Crippen LogP contribution is 2.06. The number of rotatable bonds is 7. The van der Waals surface area contributed by atoms with Crippen molar-refractivity contribution in [1.82, 2.24) is 4.90 Å². The Hall–Kier alpha value is -0.810. The number of hydrogen-bond donors (Lipinski definition) is 2. The molecule has 0 saturated heterocycles. The molecule has 0 saturated carbocycles. The van der Waals surface area contributed by atoms with E-state index in [4.69, 9.17) is 15.7 Å². The molecule has 0 aromatic rings. The van der Waals surface area contributed by atoms with Gasteiger partial charge in [-0.15, -0.1) is 0 Å². The summed E-state index contributed by atoms with van der Waals surface area (Å²) in [6.45, 7) is 3.63. The van der Waals surface area contributed by atoms with E-state index in [1.165, 1.54) is 0 Å². The highest BCUT2D eigenvalue weighted by atomic mass is 16.5. The van der Waals surface area contributed by atoms with Crippen LogP contribution >= 0.6 is 0 Å². The van der Waals surface area contributed by atoms with Gasteiger partial charge in [0.2, 0.25) is 0 Å². The van der Waals surface area contributed by atoms with Crippen LogP contribution in [-0.4, -0.2) is 49.3 Å². The van der Waals surface area contributed by atoms with Crippen LogP contribution in [0.25, 0.3) is 0 Å². The fourth-order valence-corrected chi connectivity index (χ4v) is 1.31. The second kappa shape index (κ2) is 7.58. The fraction of sp³-hybridized carbons (Fsp3) is 0.889. The lowest BCUT2D eigenvalue weighted by atomic mass is 10.1. The number of likely N-dealkylation sites (N-methyl/N-ethyl adjacent to an activating group) is 1. The van der Waals surface area contributed by atoms with Crippen molar-refractivity contribution >= 4 is 5.84 Å². The summed E-state index contributed by atoms with van der Waals surface area (Å²) in [5.74, 6) is 0.279. The maximum Gasteiger partial charge on any atom is 0.140 e. The van der Waals surface area contributed by atoms with Gasteiger partial charge in [-0.3, -0.25) is 0 Å². The summed E-state index contributed by atoms with van der Waals surface area (Å²) in [6, 6.07) is 0.307. The van der Waals surface area contributed by atoms with Gasteiger partial charge in [0.1, 0.15) is 5.84 Å². The van der Waals surface area contributed by atoms with E-state index in [2.05, 4.69) is 17.0 Å². The molecule has 0 spiro atoms. The average molecular weight is 203 g/mol. The van der Waals surface area contributed by atoms with Gasteiger partial charge < -0.3 is 20.6 Å². The molecule has 1 atom stereocenters. The zero-order valence-corrected chi connectivity index (χ0v) is 9.23. The quantitative estimate of drug-likeness (QED) is 0.273. The molecule has 0 rings (SSSR count). The fourth-order valence-electron chi connectivity index (χ4n) is 1.31. The van der Waals surface area contributed by atoms with Crippen molar-refractivity contribution in [3.8, 4) is 0 Å². The lowest BCUT2D eigenvalue weighted by Gasteiger charge is -2.26. The third-order valence-electron chi connectivity index (χ3n) is 2.32. The summed E-state index contributed by atoms with van der Waals surface area (Å²) >= 11 is 0. The van der Waals surface area contributed by atoms with Crippen LogP contribution < -0.4 is 5.73 Å². The number of oxime groups is 1. The maximum absolute atomic E-state index is 8.46. The van der Waals surface area contributed by atoms with Crippen molar-refractivity contribution in [1.29, 1.82) is 0 Å². The van der Waals surface area contributed by atoms with Crippen molar-refractivity contribution in [3.63, 3.8) is 0 Å². The molecule has 0 amide bonds. The third-order valence-corrected chi connectivity index (χ3v) is 2.32. The molecule has 0 aromatic heterocycles. The van der Waals surface area contributed by atoms with Gasteiger partial charge in [0.25, 0.3) is 0 Å². The number of nitrogens with zero attached hydrogens (tertiary/aromatic N) is 2. The van der Waals surface area contributed by atoms with Crippen molar-refractivity contribution in [2.24, 2.45) is 10.9 Å². The summed E-state index contributed by atoms with van der Waals surface area (Å²) in [4.78, 5) is 2.15. The third kappa shape index (κ3) is 5.04. The van der Waals surface area contributed by atoms with Crippen LogP contribution in [0, 0.1) is 0 Å². The Morgan fingerprint density at radius 1 is 1.64 bits per heavy atom. The molecule has 0 heterocycles. The standard InChI is InChI=1S/C9H21N3O2/c1-4-8(7-9(10)11-13)12(2)5-6-14-3/h8,13H,4-7H2,1-3H3,(H2,10,11). The van der Waals surface area contributed by atoms with Crippen LogP contribution in [0.5, 0.6) is 0 Å². The largest absolute Gasteiger partial charge is 0.409 e. The molecule has 0 aromatic carbocycles. The Bertz CT molecular complexity index is 173. The molecule has 1 unspecified atom stereocenters. The van der Waals surface area contributed by atoms with Crippen molar-refractivity contribution in [2.75, 3.05) is 27.3 Å². The molecule has 0 aliphatic heterocycles. The minimum atomic E-state index is 0.279. The summed E-state index contributed by atoms with van der Waals surface area (Å²) in [5, 5.41) is 11.4. The molecular weight excluding hydrogens is 182 g/mol. The van der Waals surface area contributed by atoms with Gasteiger partial charge in [-0.2, -0.15) is 0 Å². The molecule has 0 fully saturated rings. The van der Waals surface area contributed by atoms with Gasteiger partial charge in [-0.1, -0.05) is 12.1 Å². The van der Waals surface area contributed by atoms with E-state index < -0.39 is 0 Å². The molecule has 5 nitrogen and oxygen atoms in total. The van der Waals surface area contributed by atoms with Crippen molar-refractivity contribution < 1.29 is 9.94 Å². The minimum absolute atomic E-state index is 0.279. The van der Waals surface area contributed by atoms with E-state index >= 15 is 0 Å². The molecule has 0 aliphatic carbocycles. The summed E-state index contributed by atoms with van der Waals surface area (Å²) in [6.07, 6.45) is 1.56. The highest BCUT2D eigenvalue weighted by molar-refractivity contribution is 5.80. The number of ether oxygens (including phenoxy) is 1. The predicted octanol–water partition coefficient (Wildman–Crippen LogP) is 0.480. The second-order valence-electron chi connectivity index (χ2n) is 3.33. The maximum atomic E-state index is 8.46. The van der Waals surface area contributed by atoms with Crippen LogP contribution in [0.2, 0.25) is 0 Å². The Morgan fingerprint density at radius 2 is 2.29 bits per heavy atom. The molecular formula is C9H21N3O2. The zero-order chi connectivity index (χ0) is 11.0. The van der Waals surface area contributed by atoms with Crippen LogP contribution in [0.1, 0.15) is 19.8 Å². The summed E-state index contributed by atoms with van der Waals surface area (Å²) in [5.41, 5.74) is 5.46. The lowest BCUT2D eigenvalue weighted by molar-refractivity contribution is 0.138. The van der Waals surface area contributed by atoms with Crippen LogP contribution in [0.15, 0.2) is 5.16 Å². The van der Waals surface area contributed by atoms with Gasteiger partial charge in [-0.25, -0.2) is 0 Å². The monoisotopic (exact) mass is 203 g/mol. The van der Waals surface area contributed by atoms with E-state index in [1.807, 2.05) is 7.05 Å². The molecule has 0 aliphatic rings. The van der Waals surface area contributed by atoms with Crippen molar-refractivity contribution in [3.05, 3.63) is 0 Å². The SMILES string of the molecule is CCC(CC(N)=NO)N(C)CCOC.